The molecule has 1 aromatic carbocycles. The second-order valence-corrected chi connectivity index (χ2v) is 10.4. The Morgan fingerprint density at radius 3 is 2.57 bits per heavy atom. The molecule has 2 aromatic rings. The van der Waals surface area contributed by atoms with Gasteiger partial charge < -0.3 is 10.1 Å². The molecule has 0 saturated carbocycles. The van der Waals surface area contributed by atoms with Crippen LogP contribution < -0.4 is 5.32 Å². The Hall–Kier alpha value is -2.06. The first-order valence-electron chi connectivity index (χ1n) is 8.84. The second-order valence-electron chi connectivity index (χ2n) is 6.05. The van der Waals surface area contributed by atoms with Gasteiger partial charge >= 0.3 is 5.97 Å². The number of nitriles is 1. The van der Waals surface area contributed by atoms with Gasteiger partial charge in [-0.25, -0.2) is 13.2 Å². The van der Waals surface area contributed by atoms with Crippen molar-refractivity contribution in [2.24, 2.45) is 0 Å². The number of carbonyl (C=O) groups is 2. The summed E-state index contributed by atoms with van der Waals surface area (Å²) in [4.78, 5) is 25.3. The first-order valence-corrected chi connectivity index (χ1v) is 12.5. The van der Waals surface area contributed by atoms with Crippen molar-refractivity contribution in [2.75, 3.05) is 17.7 Å². The summed E-state index contributed by atoms with van der Waals surface area (Å²) in [5.74, 6) is -1.12. The SMILES string of the molecule is CCOC(=O)c1sc(NC(=O)CCCS(=O)(=O)c2ccc(Cl)cc2)c(SC#N)c1C. The Kier molecular flexibility index (Phi) is 8.73. The largest absolute Gasteiger partial charge is 0.462 e. The molecule has 0 saturated heterocycles. The van der Waals surface area contributed by atoms with Crippen molar-refractivity contribution in [1.82, 2.24) is 0 Å². The highest BCUT2D eigenvalue weighted by Crippen LogP contribution is 2.40. The van der Waals surface area contributed by atoms with Gasteiger partial charge in [0, 0.05) is 11.4 Å². The number of halogens is 1. The number of carbonyl (C=O) groups excluding carboxylic acids is 2. The van der Waals surface area contributed by atoms with Gasteiger partial charge in [0.2, 0.25) is 5.91 Å². The molecular formula is C19H19ClN2O5S3. The molecule has 160 valence electrons. The van der Waals surface area contributed by atoms with E-state index in [9.17, 15) is 18.0 Å². The summed E-state index contributed by atoms with van der Waals surface area (Å²) >= 11 is 7.64. The Balaban J connectivity index is 2.04. The molecule has 1 amide bonds. The van der Waals surface area contributed by atoms with E-state index >= 15 is 0 Å². The molecule has 30 heavy (non-hydrogen) atoms. The van der Waals surface area contributed by atoms with Crippen molar-refractivity contribution < 1.29 is 22.7 Å². The van der Waals surface area contributed by atoms with E-state index in [0.29, 0.717) is 25.4 Å². The summed E-state index contributed by atoms with van der Waals surface area (Å²) < 4.78 is 29.7. The van der Waals surface area contributed by atoms with Crippen LogP contribution in [0.4, 0.5) is 5.00 Å². The highest BCUT2D eigenvalue weighted by molar-refractivity contribution is 8.04. The Morgan fingerprint density at radius 1 is 1.30 bits per heavy atom. The number of ether oxygens (including phenoxy) is 1. The standard InChI is InChI=1S/C19H19ClN2O5S3/c1-3-27-19(24)17-12(2)16(28-11-21)18(29-17)22-15(23)5-4-10-30(25,26)14-8-6-13(20)7-9-14/h6-9H,3-5,10H2,1-2H3,(H,22,23). The number of thioether (sulfide) groups is 1. The van der Waals surface area contributed by atoms with E-state index in [1.54, 1.807) is 13.8 Å². The van der Waals surface area contributed by atoms with Crippen molar-refractivity contribution in [3.8, 4) is 5.40 Å². The minimum absolute atomic E-state index is 0.0326. The van der Waals surface area contributed by atoms with E-state index in [1.807, 2.05) is 5.40 Å². The number of anilines is 1. The maximum absolute atomic E-state index is 12.3. The van der Waals surface area contributed by atoms with Crippen molar-refractivity contribution in [3.05, 3.63) is 39.7 Å². The third kappa shape index (κ3) is 6.22. The summed E-state index contributed by atoms with van der Waals surface area (Å²) in [5.41, 5.74) is 0.561. The number of sulfone groups is 1. The Morgan fingerprint density at radius 2 is 1.97 bits per heavy atom. The van der Waals surface area contributed by atoms with Crippen LogP contribution in [0.5, 0.6) is 0 Å². The van der Waals surface area contributed by atoms with Crippen molar-refractivity contribution in [1.29, 1.82) is 5.26 Å². The fourth-order valence-corrected chi connectivity index (χ4v) is 5.77. The molecule has 2 rings (SSSR count). The first-order chi connectivity index (χ1) is 14.2. The maximum Gasteiger partial charge on any atom is 0.348 e. The van der Waals surface area contributed by atoms with Crippen molar-refractivity contribution in [3.63, 3.8) is 0 Å². The average Bonchev–Trinajstić information content (AvgIpc) is 2.98. The van der Waals surface area contributed by atoms with E-state index in [1.165, 1.54) is 24.3 Å². The number of nitrogens with zero attached hydrogens (tertiary/aromatic N) is 1. The van der Waals surface area contributed by atoms with Crippen LogP contribution in [0.3, 0.4) is 0 Å². The van der Waals surface area contributed by atoms with Gasteiger partial charge in [-0.2, -0.15) is 5.26 Å². The molecule has 0 unspecified atom stereocenters. The summed E-state index contributed by atoms with van der Waals surface area (Å²) in [5, 5.41) is 14.4. The normalized spacial score (nSPS) is 11.0. The minimum atomic E-state index is -3.53. The van der Waals surface area contributed by atoms with Crippen LogP contribution in [-0.2, 0) is 19.4 Å². The molecule has 0 atom stereocenters. The van der Waals surface area contributed by atoms with Gasteiger partial charge in [-0.05, 0) is 61.9 Å². The van der Waals surface area contributed by atoms with Crippen LogP contribution in [0.15, 0.2) is 34.1 Å². The third-order valence-corrected chi connectivity index (χ3v) is 8.13. The van der Waals surface area contributed by atoms with Crippen LogP contribution >= 0.6 is 34.7 Å². The zero-order chi connectivity index (χ0) is 22.3. The van der Waals surface area contributed by atoms with Gasteiger partial charge in [0.15, 0.2) is 9.84 Å². The van der Waals surface area contributed by atoms with E-state index in [2.05, 4.69) is 5.32 Å². The summed E-state index contributed by atoms with van der Waals surface area (Å²) in [6.07, 6.45) is 0.0851. The smallest absolute Gasteiger partial charge is 0.348 e. The number of amides is 1. The fraction of sp³-hybridized carbons (Fsp3) is 0.316. The number of rotatable bonds is 9. The minimum Gasteiger partial charge on any atom is -0.462 e. The number of esters is 1. The Bertz CT molecular complexity index is 1070. The van der Waals surface area contributed by atoms with Gasteiger partial charge in [0.25, 0.3) is 0 Å². The number of thiophene rings is 1. The zero-order valence-electron chi connectivity index (χ0n) is 16.2. The van der Waals surface area contributed by atoms with Crippen molar-refractivity contribution >= 4 is 61.4 Å². The predicted octanol–water partition coefficient (Wildman–Crippen LogP) is 4.65. The maximum atomic E-state index is 12.3. The molecule has 11 heteroatoms. The quantitative estimate of drug-likeness (QED) is 0.311. The molecule has 0 fully saturated rings. The summed E-state index contributed by atoms with van der Waals surface area (Å²) in [6.45, 7) is 3.57. The molecule has 1 aromatic heterocycles. The van der Waals surface area contributed by atoms with Crippen LogP contribution in [0.1, 0.15) is 35.0 Å². The molecule has 0 aliphatic rings. The van der Waals surface area contributed by atoms with Crippen LogP contribution in [0, 0.1) is 17.6 Å². The van der Waals surface area contributed by atoms with Crippen LogP contribution in [-0.4, -0.2) is 32.7 Å². The lowest BCUT2D eigenvalue weighted by atomic mass is 10.3. The number of nitrogens with one attached hydrogen (secondary N) is 1. The third-order valence-electron chi connectivity index (χ3n) is 3.94. The van der Waals surface area contributed by atoms with Gasteiger partial charge in [0.05, 0.1) is 22.2 Å². The van der Waals surface area contributed by atoms with E-state index in [4.69, 9.17) is 21.6 Å². The summed E-state index contributed by atoms with van der Waals surface area (Å²) in [7, 11) is -3.53. The molecule has 0 radical (unpaired) electrons. The van der Waals surface area contributed by atoms with E-state index in [0.717, 1.165) is 23.1 Å². The molecule has 0 bridgehead atoms. The number of thiocyanates is 1. The van der Waals surface area contributed by atoms with Gasteiger partial charge in [-0.15, -0.1) is 11.3 Å². The van der Waals surface area contributed by atoms with E-state index in [-0.39, 0.29) is 30.1 Å². The number of hydrogen-bond acceptors (Lipinski definition) is 8. The molecule has 0 aliphatic carbocycles. The Labute approximate surface area is 188 Å². The average molecular weight is 487 g/mol. The lowest BCUT2D eigenvalue weighted by Crippen LogP contribution is -2.14. The molecule has 1 heterocycles. The molecule has 7 nitrogen and oxygen atoms in total. The van der Waals surface area contributed by atoms with Gasteiger partial charge in [-0.3, -0.25) is 4.79 Å². The van der Waals surface area contributed by atoms with Gasteiger partial charge in [0.1, 0.15) is 15.3 Å². The highest BCUT2D eigenvalue weighted by atomic mass is 35.5. The molecule has 0 aliphatic heterocycles. The second kappa shape index (κ2) is 10.8. The predicted molar refractivity (Wildman–Crippen MR) is 118 cm³/mol. The van der Waals surface area contributed by atoms with Crippen LogP contribution in [0.2, 0.25) is 5.02 Å². The molecular weight excluding hydrogens is 468 g/mol. The van der Waals surface area contributed by atoms with Crippen molar-refractivity contribution in [2.45, 2.75) is 36.5 Å². The fourth-order valence-electron chi connectivity index (χ4n) is 2.51. The lowest BCUT2D eigenvalue weighted by molar-refractivity contribution is -0.116. The number of hydrogen-bond donors (Lipinski definition) is 1. The molecule has 0 spiro atoms. The zero-order valence-corrected chi connectivity index (χ0v) is 19.4. The van der Waals surface area contributed by atoms with E-state index < -0.39 is 21.7 Å². The van der Waals surface area contributed by atoms with Gasteiger partial charge in [-0.1, -0.05) is 11.6 Å². The molecule has 1 N–H and O–H groups in total. The number of benzene rings is 1. The highest BCUT2D eigenvalue weighted by Gasteiger charge is 2.23. The lowest BCUT2D eigenvalue weighted by Gasteiger charge is -2.06. The monoisotopic (exact) mass is 486 g/mol. The summed E-state index contributed by atoms with van der Waals surface area (Å²) in [6, 6.07) is 5.84. The van der Waals surface area contributed by atoms with Crippen LogP contribution in [0.25, 0.3) is 0 Å². The first kappa shape index (κ1) is 24.2. The topological polar surface area (TPSA) is 113 Å².